The Balaban J connectivity index is 0.00000192. The Morgan fingerprint density at radius 2 is 2.09 bits per heavy atom. The Kier molecular flexibility index (Phi) is 5.82. The van der Waals surface area contributed by atoms with Crippen LogP contribution in [0.25, 0.3) is 0 Å². The van der Waals surface area contributed by atoms with E-state index in [0.29, 0.717) is 13.1 Å². The van der Waals surface area contributed by atoms with E-state index in [4.69, 9.17) is 22.1 Å². The highest BCUT2D eigenvalue weighted by atomic mass is 35.5. The Morgan fingerprint density at radius 3 is 2.61 bits per heavy atom. The molecule has 1 aliphatic heterocycles. The minimum absolute atomic E-state index is 0. The molecule has 2 aliphatic rings. The summed E-state index contributed by atoms with van der Waals surface area (Å²) in [5, 5.41) is 0.754. The first-order valence-corrected chi connectivity index (χ1v) is 8.35. The maximum atomic E-state index is 11.9. The number of rotatable bonds is 3. The number of nitrogens with two attached hydrogens (primary N) is 1. The van der Waals surface area contributed by atoms with Crippen molar-refractivity contribution in [3.8, 4) is 0 Å². The topological polar surface area (TPSA) is 55.6 Å². The fourth-order valence-corrected chi connectivity index (χ4v) is 4.01. The van der Waals surface area contributed by atoms with Crippen molar-refractivity contribution in [1.82, 2.24) is 4.90 Å². The molecule has 23 heavy (non-hydrogen) atoms. The van der Waals surface area contributed by atoms with E-state index in [2.05, 4.69) is 6.07 Å². The lowest BCUT2D eigenvalue weighted by molar-refractivity contribution is 0.120. The van der Waals surface area contributed by atoms with Crippen LogP contribution in [-0.4, -0.2) is 36.2 Å². The molecule has 0 radical (unpaired) electrons. The number of hydrogen-bond acceptors (Lipinski definition) is 3. The molecule has 1 atom stereocenters. The van der Waals surface area contributed by atoms with Crippen molar-refractivity contribution < 1.29 is 9.53 Å². The van der Waals surface area contributed by atoms with E-state index in [1.807, 2.05) is 30.0 Å². The highest BCUT2D eigenvalue weighted by molar-refractivity contribution is 6.30. The summed E-state index contributed by atoms with van der Waals surface area (Å²) in [7, 11) is 0. The van der Waals surface area contributed by atoms with Gasteiger partial charge in [-0.05, 0) is 50.3 Å². The van der Waals surface area contributed by atoms with Gasteiger partial charge in [0, 0.05) is 23.0 Å². The molecule has 1 saturated heterocycles. The SMILES string of the molecule is C[C@H]1CN([C@H]2CC[C@@](CN)(c3cccc(Cl)c3)CC2)C(=O)O1.Cl. The third-order valence-electron chi connectivity index (χ3n) is 5.17. The molecule has 0 unspecified atom stereocenters. The van der Waals surface area contributed by atoms with Gasteiger partial charge in [0.1, 0.15) is 6.10 Å². The van der Waals surface area contributed by atoms with Gasteiger partial charge in [-0.3, -0.25) is 0 Å². The zero-order valence-corrected chi connectivity index (χ0v) is 14.9. The predicted octanol–water partition coefficient (Wildman–Crippen LogP) is 3.74. The number of nitrogens with zero attached hydrogens (tertiary/aromatic N) is 1. The molecule has 2 N–H and O–H groups in total. The van der Waals surface area contributed by atoms with E-state index in [1.54, 1.807) is 0 Å². The van der Waals surface area contributed by atoms with Crippen LogP contribution in [0.15, 0.2) is 24.3 Å². The summed E-state index contributed by atoms with van der Waals surface area (Å²) in [5.74, 6) is 0. The quantitative estimate of drug-likeness (QED) is 0.895. The largest absolute Gasteiger partial charge is 0.444 e. The summed E-state index contributed by atoms with van der Waals surface area (Å²) in [6.45, 7) is 3.26. The summed E-state index contributed by atoms with van der Waals surface area (Å²) in [6.07, 6.45) is 3.72. The Hall–Kier alpha value is -0.970. The maximum absolute atomic E-state index is 11.9. The smallest absolute Gasteiger partial charge is 0.410 e. The van der Waals surface area contributed by atoms with Crippen molar-refractivity contribution in [2.75, 3.05) is 13.1 Å². The predicted molar refractivity (Wildman–Crippen MR) is 94.3 cm³/mol. The first kappa shape index (κ1) is 18.4. The lowest BCUT2D eigenvalue weighted by atomic mass is 9.68. The minimum Gasteiger partial charge on any atom is -0.444 e. The molecule has 0 bridgehead atoms. The first-order valence-electron chi connectivity index (χ1n) is 7.97. The number of carbonyl (C=O) groups excluding carboxylic acids is 1. The van der Waals surface area contributed by atoms with Crippen LogP contribution in [0.1, 0.15) is 38.2 Å². The van der Waals surface area contributed by atoms with Crippen LogP contribution in [-0.2, 0) is 10.2 Å². The zero-order chi connectivity index (χ0) is 15.7. The third-order valence-corrected chi connectivity index (χ3v) is 5.41. The number of ether oxygens (including phenoxy) is 1. The van der Waals surface area contributed by atoms with Gasteiger partial charge in [-0.2, -0.15) is 0 Å². The lowest BCUT2D eigenvalue weighted by Gasteiger charge is -2.42. The molecule has 1 aliphatic carbocycles. The number of halogens is 2. The molecule has 1 aromatic carbocycles. The molecular formula is C17H24Cl2N2O2. The molecule has 3 rings (SSSR count). The molecule has 1 heterocycles. The molecule has 0 aromatic heterocycles. The molecule has 128 valence electrons. The fourth-order valence-electron chi connectivity index (χ4n) is 3.82. The van der Waals surface area contributed by atoms with E-state index < -0.39 is 0 Å². The molecule has 1 aromatic rings. The second-order valence-corrected chi connectivity index (χ2v) is 7.01. The number of hydrogen-bond donors (Lipinski definition) is 1. The van der Waals surface area contributed by atoms with Crippen LogP contribution in [0.4, 0.5) is 4.79 Å². The molecule has 4 nitrogen and oxygen atoms in total. The summed E-state index contributed by atoms with van der Waals surface area (Å²) in [4.78, 5) is 13.8. The van der Waals surface area contributed by atoms with Crippen molar-refractivity contribution in [3.05, 3.63) is 34.9 Å². The summed E-state index contributed by atoms with van der Waals surface area (Å²) in [6, 6.07) is 8.30. The molecular weight excluding hydrogens is 335 g/mol. The van der Waals surface area contributed by atoms with Crippen molar-refractivity contribution >= 4 is 30.1 Å². The van der Waals surface area contributed by atoms with Crippen LogP contribution in [0.5, 0.6) is 0 Å². The zero-order valence-electron chi connectivity index (χ0n) is 13.3. The van der Waals surface area contributed by atoms with E-state index in [1.165, 1.54) is 5.56 Å². The second kappa shape index (κ2) is 7.29. The van der Waals surface area contributed by atoms with E-state index in [-0.39, 0.29) is 36.1 Å². The number of amides is 1. The Labute approximate surface area is 148 Å². The van der Waals surface area contributed by atoms with Gasteiger partial charge < -0.3 is 15.4 Å². The van der Waals surface area contributed by atoms with Crippen molar-refractivity contribution in [2.45, 2.75) is 50.2 Å². The van der Waals surface area contributed by atoms with Gasteiger partial charge in [0.2, 0.25) is 0 Å². The maximum Gasteiger partial charge on any atom is 0.410 e. The number of cyclic esters (lactones) is 1. The van der Waals surface area contributed by atoms with Gasteiger partial charge in [-0.25, -0.2) is 4.79 Å². The van der Waals surface area contributed by atoms with Gasteiger partial charge in [0.25, 0.3) is 0 Å². The van der Waals surface area contributed by atoms with E-state index in [9.17, 15) is 4.79 Å². The number of benzene rings is 1. The van der Waals surface area contributed by atoms with Crippen LogP contribution in [0.3, 0.4) is 0 Å². The summed E-state index contributed by atoms with van der Waals surface area (Å²) >= 11 is 6.14. The average Bonchev–Trinajstić information content (AvgIpc) is 2.86. The van der Waals surface area contributed by atoms with Crippen LogP contribution < -0.4 is 5.73 Å². The molecule has 0 spiro atoms. The Morgan fingerprint density at radius 1 is 1.39 bits per heavy atom. The first-order chi connectivity index (χ1) is 10.5. The van der Waals surface area contributed by atoms with Gasteiger partial charge in [-0.15, -0.1) is 12.4 Å². The van der Waals surface area contributed by atoms with Gasteiger partial charge in [0.05, 0.1) is 6.54 Å². The second-order valence-electron chi connectivity index (χ2n) is 6.57. The normalized spacial score (nSPS) is 30.7. The van der Waals surface area contributed by atoms with Gasteiger partial charge >= 0.3 is 6.09 Å². The Bertz CT molecular complexity index is 559. The molecule has 1 saturated carbocycles. The lowest BCUT2D eigenvalue weighted by Crippen LogP contribution is -2.46. The standard InChI is InChI=1S/C17H23ClN2O2.ClH/c1-12-10-20(16(21)22-12)15-5-7-17(11-19,8-6-15)13-3-2-4-14(18)9-13;/h2-4,9,12,15H,5-8,10-11,19H2,1H3;1H/t12-,15-,17+;/m0./s1. The fraction of sp³-hybridized carbons (Fsp3) is 0.588. The van der Waals surface area contributed by atoms with Gasteiger partial charge in [0.15, 0.2) is 0 Å². The van der Waals surface area contributed by atoms with Crippen LogP contribution in [0, 0.1) is 0 Å². The molecule has 1 amide bonds. The third kappa shape index (κ3) is 3.59. The average molecular weight is 359 g/mol. The molecule has 2 fully saturated rings. The monoisotopic (exact) mass is 358 g/mol. The highest BCUT2D eigenvalue weighted by Crippen LogP contribution is 2.41. The van der Waals surface area contributed by atoms with E-state index >= 15 is 0 Å². The minimum atomic E-state index is -0.166. The summed E-state index contributed by atoms with van der Waals surface area (Å²) in [5.41, 5.74) is 7.32. The van der Waals surface area contributed by atoms with E-state index in [0.717, 1.165) is 30.7 Å². The highest BCUT2D eigenvalue weighted by Gasteiger charge is 2.41. The number of carbonyl (C=O) groups is 1. The van der Waals surface area contributed by atoms with Crippen LogP contribution in [0.2, 0.25) is 5.02 Å². The van der Waals surface area contributed by atoms with Gasteiger partial charge in [-0.1, -0.05) is 23.7 Å². The summed E-state index contributed by atoms with van der Waals surface area (Å²) < 4.78 is 5.25. The van der Waals surface area contributed by atoms with Crippen molar-refractivity contribution in [2.24, 2.45) is 5.73 Å². The molecule has 6 heteroatoms. The van der Waals surface area contributed by atoms with Crippen molar-refractivity contribution in [1.29, 1.82) is 0 Å². The van der Waals surface area contributed by atoms with Crippen LogP contribution >= 0.6 is 24.0 Å². The van der Waals surface area contributed by atoms with Crippen molar-refractivity contribution in [3.63, 3.8) is 0 Å².